The molecule has 16 heteroatoms. The summed E-state index contributed by atoms with van der Waals surface area (Å²) in [7, 11) is 2.83. The van der Waals surface area contributed by atoms with E-state index in [1.807, 2.05) is 44.2 Å². The number of benzene rings is 2. The minimum Gasteiger partial charge on any atom is -0.493 e. The summed E-state index contributed by atoms with van der Waals surface area (Å²) in [5.41, 5.74) is 7.35. The van der Waals surface area contributed by atoms with Gasteiger partial charge in [0.1, 0.15) is 22.8 Å². The van der Waals surface area contributed by atoms with E-state index in [0.717, 1.165) is 5.56 Å². The Morgan fingerprint density at radius 2 is 1.71 bits per heavy atom. The number of hydrogen-bond donors (Lipinski definition) is 5. The van der Waals surface area contributed by atoms with Gasteiger partial charge in [-0.05, 0) is 37.0 Å². The molecule has 0 saturated heterocycles. The van der Waals surface area contributed by atoms with E-state index in [1.54, 1.807) is 5.38 Å². The molecule has 0 saturated carbocycles. The van der Waals surface area contributed by atoms with Crippen LogP contribution in [0.25, 0.3) is 0 Å². The van der Waals surface area contributed by atoms with Gasteiger partial charge in [0.05, 0.1) is 33.4 Å². The molecule has 2 aliphatic rings. The Hall–Kier alpha value is -5.22. The van der Waals surface area contributed by atoms with Gasteiger partial charge in [-0.15, -0.1) is 11.3 Å². The number of nitrogens with two attached hydrogens (primary N) is 1. The van der Waals surface area contributed by atoms with Crippen molar-refractivity contribution >= 4 is 40.9 Å². The van der Waals surface area contributed by atoms with E-state index in [9.17, 15) is 24.0 Å². The van der Waals surface area contributed by atoms with Crippen LogP contribution in [-0.2, 0) is 20.8 Å². The van der Waals surface area contributed by atoms with Crippen LogP contribution in [0.15, 0.2) is 47.8 Å². The van der Waals surface area contributed by atoms with Crippen LogP contribution >= 0.6 is 11.3 Å². The van der Waals surface area contributed by atoms with Gasteiger partial charge in [0.25, 0.3) is 11.8 Å². The molecule has 52 heavy (non-hydrogen) atoms. The number of nitrogens with zero attached hydrogens (tertiary/aromatic N) is 2. The minimum atomic E-state index is -1.04. The minimum absolute atomic E-state index is 0.0269. The number of ether oxygens (including phenoxy) is 3. The zero-order valence-corrected chi connectivity index (χ0v) is 30.8. The summed E-state index contributed by atoms with van der Waals surface area (Å²) in [6.07, 6.45) is 0.542. The quantitative estimate of drug-likeness (QED) is 0.223. The van der Waals surface area contributed by atoms with E-state index >= 15 is 0 Å². The molecule has 0 aliphatic carbocycles. The first-order valence-corrected chi connectivity index (χ1v) is 17.9. The van der Waals surface area contributed by atoms with Gasteiger partial charge in [-0.2, -0.15) is 0 Å². The number of rotatable bonds is 7. The summed E-state index contributed by atoms with van der Waals surface area (Å²) in [6.45, 7) is 5.45. The molecule has 3 atom stereocenters. The molecule has 15 nitrogen and oxygen atoms in total. The van der Waals surface area contributed by atoms with Gasteiger partial charge in [-0.25, -0.2) is 4.98 Å². The molecule has 0 spiro atoms. The van der Waals surface area contributed by atoms with Crippen LogP contribution in [0.2, 0.25) is 0 Å². The molecule has 0 radical (unpaired) electrons. The lowest BCUT2D eigenvalue weighted by molar-refractivity contribution is -0.129. The number of nitrogens with one attached hydrogen (secondary N) is 4. The van der Waals surface area contributed by atoms with Crippen LogP contribution in [0.1, 0.15) is 64.7 Å². The number of carbonyl (C=O) groups is 5. The van der Waals surface area contributed by atoms with E-state index in [4.69, 9.17) is 19.9 Å². The number of aromatic nitrogens is 1. The second-order valence-corrected chi connectivity index (χ2v) is 13.5. The van der Waals surface area contributed by atoms with Crippen molar-refractivity contribution in [1.29, 1.82) is 0 Å². The Labute approximate surface area is 307 Å². The molecule has 6 N–H and O–H groups in total. The first-order chi connectivity index (χ1) is 24.9. The monoisotopic (exact) mass is 737 g/mol. The van der Waals surface area contributed by atoms with Gasteiger partial charge in [-0.1, -0.05) is 44.2 Å². The standard InChI is InChI=1S/C36H47N7O8S/c1-21(2)30(37)35-42-26(20-52-35)36(48)43-14-13-39-34(47)25(16-23-10-7-6-8-11-23)41-32(45)22(3)40-33(46)24-17-27(49-4)31(28(18-24)50-5)51-15-9-12-38-29(44)19-43/h6-8,10-11,17-18,20-22,25,30H,9,12-16,19,37H2,1-5H3,(H,38,44)(H,39,47)(H,40,46)(H,41,45)/t22-,25+,30-/m0/s1. The van der Waals surface area contributed by atoms with Gasteiger partial charge in [-0.3, -0.25) is 24.0 Å². The van der Waals surface area contributed by atoms with Crippen LogP contribution in [0.3, 0.4) is 0 Å². The summed E-state index contributed by atoms with van der Waals surface area (Å²) < 4.78 is 16.9. The van der Waals surface area contributed by atoms with Gasteiger partial charge < -0.3 is 46.1 Å². The van der Waals surface area contributed by atoms with E-state index < -0.39 is 41.6 Å². The van der Waals surface area contributed by atoms with Crippen molar-refractivity contribution in [2.24, 2.45) is 11.7 Å². The Morgan fingerprint density at radius 3 is 2.37 bits per heavy atom. The van der Waals surface area contributed by atoms with Crippen LogP contribution in [0.4, 0.5) is 0 Å². The number of fused-ring (bicyclic) bond motifs is 19. The third-order valence-corrected chi connectivity index (χ3v) is 9.26. The van der Waals surface area contributed by atoms with Crippen molar-refractivity contribution in [2.45, 2.75) is 51.7 Å². The Morgan fingerprint density at radius 1 is 1.02 bits per heavy atom. The third-order valence-electron chi connectivity index (χ3n) is 8.32. The average molecular weight is 738 g/mol. The molecular weight excluding hydrogens is 691 g/mol. The van der Waals surface area contributed by atoms with Gasteiger partial charge in [0.15, 0.2) is 11.5 Å². The van der Waals surface area contributed by atoms with Crippen molar-refractivity contribution in [3.05, 3.63) is 69.7 Å². The Balaban J connectivity index is 1.61. The number of methoxy groups -OCH3 is 2. The number of thiazole rings is 1. The van der Waals surface area contributed by atoms with Gasteiger partial charge >= 0.3 is 0 Å². The molecule has 1 aromatic heterocycles. The molecular formula is C36H47N7O8S. The predicted octanol–water partition coefficient (Wildman–Crippen LogP) is 1.82. The third kappa shape index (κ3) is 10.6. The zero-order chi connectivity index (χ0) is 37.8. The summed E-state index contributed by atoms with van der Waals surface area (Å²) >= 11 is 1.27. The first-order valence-electron chi connectivity index (χ1n) is 17.0. The lowest BCUT2D eigenvalue weighted by Crippen LogP contribution is -2.54. The molecule has 5 rings (SSSR count). The fourth-order valence-corrected chi connectivity index (χ4v) is 6.20. The number of carbonyl (C=O) groups excluding carboxylic acids is 5. The predicted molar refractivity (Wildman–Crippen MR) is 194 cm³/mol. The summed E-state index contributed by atoms with van der Waals surface area (Å²) in [6, 6.07) is 9.62. The highest BCUT2D eigenvalue weighted by atomic mass is 32.1. The zero-order valence-electron chi connectivity index (χ0n) is 30.0. The second-order valence-electron chi connectivity index (χ2n) is 12.6. The Bertz CT molecular complexity index is 1690. The van der Waals surface area contributed by atoms with Crippen LogP contribution in [0, 0.1) is 5.92 Å². The lowest BCUT2D eigenvalue weighted by Gasteiger charge is -2.24. The summed E-state index contributed by atoms with van der Waals surface area (Å²) in [5, 5.41) is 13.2. The topological polar surface area (TPSA) is 203 Å². The molecule has 0 unspecified atom stereocenters. The first kappa shape index (κ1) is 39.6. The molecule has 2 aromatic carbocycles. The average Bonchev–Trinajstić information content (AvgIpc) is 3.63. The second kappa shape index (κ2) is 18.9. The van der Waals surface area contributed by atoms with E-state index in [-0.39, 0.29) is 79.7 Å². The van der Waals surface area contributed by atoms with E-state index in [1.165, 1.54) is 49.5 Å². The highest BCUT2D eigenvalue weighted by Crippen LogP contribution is 2.38. The fraction of sp³-hybridized carbons (Fsp3) is 0.444. The molecule has 3 aromatic rings. The maximum Gasteiger partial charge on any atom is 0.273 e. The summed E-state index contributed by atoms with van der Waals surface area (Å²) in [4.78, 5) is 72.8. The van der Waals surface area contributed by atoms with Crippen LogP contribution in [-0.4, -0.2) is 98.5 Å². The highest BCUT2D eigenvalue weighted by molar-refractivity contribution is 7.09. The smallest absolute Gasteiger partial charge is 0.273 e. The number of hydrogen-bond acceptors (Lipinski definition) is 11. The van der Waals surface area contributed by atoms with Crippen molar-refractivity contribution < 1.29 is 38.2 Å². The van der Waals surface area contributed by atoms with E-state index in [2.05, 4.69) is 26.3 Å². The molecule has 280 valence electrons. The molecule has 2 aliphatic heterocycles. The lowest BCUT2D eigenvalue weighted by atomic mass is 10.0. The molecule has 0 fully saturated rings. The van der Waals surface area contributed by atoms with Crippen molar-refractivity contribution in [1.82, 2.24) is 31.2 Å². The normalized spacial score (nSPS) is 18.9. The molecule has 2 bridgehead atoms. The van der Waals surface area contributed by atoms with Crippen molar-refractivity contribution in [2.75, 3.05) is 47.0 Å². The van der Waals surface area contributed by atoms with Crippen LogP contribution in [0.5, 0.6) is 17.2 Å². The summed E-state index contributed by atoms with van der Waals surface area (Å²) in [5.74, 6) is -1.82. The van der Waals surface area contributed by atoms with Crippen molar-refractivity contribution in [3.63, 3.8) is 0 Å². The van der Waals surface area contributed by atoms with E-state index in [0.29, 0.717) is 11.4 Å². The van der Waals surface area contributed by atoms with Gasteiger partial charge in [0.2, 0.25) is 23.5 Å². The van der Waals surface area contributed by atoms with Gasteiger partial charge in [0, 0.05) is 37.0 Å². The largest absolute Gasteiger partial charge is 0.493 e. The molecule has 5 amide bonds. The SMILES string of the molecule is COc1cc2cc(OC)c1OCCCNC(=O)CN(C(=O)c1csc([C@@H](N)C(C)C)n1)CCNC(=O)[C@@H](Cc1ccccc1)NC(=O)[C@H](C)NC2=O. The number of amides is 5. The van der Waals surface area contributed by atoms with Crippen molar-refractivity contribution in [3.8, 4) is 17.2 Å². The highest BCUT2D eigenvalue weighted by Gasteiger charge is 2.28. The maximum absolute atomic E-state index is 13.7. The fourth-order valence-electron chi connectivity index (χ4n) is 5.23. The maximum atomic E-state index is 13.7. The molecule has 3 heterocycles. The Kier molecular flexibility index (Phi) is 14.3. The van der Waals surface area contributed by atoms with Crippen LogP contribution < -0.4 is 41.2 Å².